The molecule has 22 heavy (non-hydrogen) atoms. The molecule has 0 aliphatic carbocycles. The van der Waals surface area contributed by atoms with E-state index in [0.29, 0.717) is 17.2 Å². The molecule has 0 aliphatic rings. The third-order valence-electron chi connectivity index (χ3n) is 2.27. The first-order chi connectivity index (χ1) is 10.2. The van der Waals surface area contributed by atoms with E-state index in [4.69, 9.17) is 15.3 Å². The predicted molar refractivity (Wildman–Crippen MR) is 84.3 cm³/mol. The summed E-state index contributed by atoms with van der Waals surface area (Å²) < 4.78 is 0. The predicted octanol–water partition coefficient (Wildman–Crippen LogP) is 4.17. The van der Waals surface area contributed by atoms with Gasteiger partial charge in [-0.25, -0.2) is 0 Å². The second-order valence-electron chi connectivity index (χ2n) is 4.01. The zero-order valence-electron chi connectivity index (χ0n) is 11.8. The first-order valence-corrected chi connectivity index (χ1v) is 6.40. The van der Waals surface area contributed by atoms with E-state index in [0.717, 1.165) is 0 Å². The minimum atomic E-state index is 0. The Morgan fingerprint density at radius 2 is 0.545 bits per heavy atom. The van der Waals surface area contributed by atoms with Crippen molar-refractivity contribution in [3.63, 3.8) is 0 Å². The van der Waals surface area contributed by atoms with E-state index in [1.165, 1.54) is 0 Å². The van der Waals surface area contributed by atoms with Crippen LogP contribution in [0.2, 0.25) is 0 Å². The number of para-hydroxylation sites is 3. The fraction of sp³-hybridized carbons (Fsp3) is 0. The Kier molecular flexibility index (Phi) is 11.3. The average molecular weight is 479 g/mol. The van der Waals surface area contributed by atoms with Gasteiger partial charge in [0, 0.05) is 22.4 Å². The zero-order chi connectivity index (χ0) is 15.3. The molecule has 119 valence electrons. The standard InChI is InChI=1S/3C6H6O.Au/c3*7-6-4-2-1-3-5-6;/h3*1-5,7H;. The zero-order valence-corrected chi connectivity index (χ0v) is 14.0. The molecule has 0 saturated carbocycles. The summed E-state index contributed by atoms with van der Waals surface area (Å²) in [5.74, 6) is 0.965. The Labute approximate surface area is 146 Å². The summed E-state index contributed by atoms with van der Waals surface area (Å²) in [4.78, 5) is 0. The second-order valence-corrected chi connectivity index (χ2v) is 4.01. The molecule has 3 N–H and O–H groups in total. The van der Waals surface area contributed by atoms with Crippen LogP contribution in [0, 0.1) is 0 Å². The summed E-state index contributed by atoms with van der Waals surface area (Å²) in [6, 6.07) is 26.1. The summed E-state index contributed by atoms with van der Waals surface area (Å²) in [5, 5.41) is 25.9. The summed E-state index contributed by atoms with van der Waals surface area (Å²) in [6.07, 6.45) is 0. The van der Waals surface area contributed by atoms with Gasteiger partial charge in [0.2, 0.25) is 0 Å². The van der Waals surface area contributed by atoms with Gasteiger partial charge in [0.1, 0.15) is 17.2 Å². The maximum atomic E-state index is 8.63. The van der Waals surface area contributed by atoms with Crippen LogP contribution in [0.4, 0.5) is 0 Å². The molecule has 3 aromatic carbocycles. The number of phenols is 3. The molecule has 3 rings (SSSR count). The third kappa shape index (κ3) is 10.6. The van der Waals surface area contributed by atoms with Crippen LogP contribution in [0.15, 0.2) is 91.0 Å². The number of hydrogen-bond acceptors (Lipinski definition) is 3. The Balaban J connectivity index is 0.000000294. The van der Waals surface area contributed by atoms with Crippen molar-refractivity contribution in [2.75, 3.05) is 0 Å². The van der Waals surface area contributed by atoms with Crippen molar-refractivity contribution in [1.82, 2.24) is 0 Å². The smallest absolute Gasteiger partial charge is 0.115 e. The van der Waals surface area contributed by atoms with Crippen LogP contribution >= 0.6 is 0 Å². The van der Waals surface area contributed by atoms with E-state index in [-0.39, 0.29) is 22.4 Å². The van der Waals surface area contributed by atoms with Gasteiger partial charge in [-0.15, -0.1) is 0 Å². The quantitative estimate of drug-likeness (QED) is 0.425. The Morgan fingerprint density at radius 1 is 0.364 bits per heavy atom. The molecular weight excluding hydrogens is 461 g/mol. The van der Waals surface area contributed by atoms with Crippen LogP contribution in [-0.2, 0) is 22.4 Å². The van der Waals surface area contributed by atoms with Crippen molar-refractivity contribution in [2.24, 2.45) is 0 Å². The normalized spacial score (nSPS) is 8.18. The Morgan fingerprint density at radius 3 is 0.636 bits per heavy atom. The molecule has 0 spiro atoms. The van der Waals surface area contributed by atoms with Crippen molar-refractivity contribution in [2.45, 2.75) is 0 Å². The van der Waals surface area contributed by atoms with Crippen LogP contribution in [0.1, 0.15) is 0 Å². The molecule has 0 amide bonds. The van der Waals surface area contributed by atoms with Crippen molar-refractivity contribution in [3.05, 3.63) is 91.0 Å². The third-order valence-corrected chi connectivity index (χ3v) is 2.27. The van der Waals surface area contributed by atoms with Gasteiger partial charge < -0.3 is 15.3 Å². The van der Waals surface area contributed by atoms with Crippen molar-refractivity contribution in [3.8, 4) is 17.2 Å². The van der Waals surface area contributed by atoms with Crippen molar-refractivity contribution >= 4 is 0 Å². The van der Waals surface area contributed by atoms with Gasteiger partial charge in [-0.2, -0.15) is 0 Å². The molecule has 3 aromatic rings. The number of benzene rings is 3. The monoisotopic (exact) mass is 479 g/mol. The topological polar surface area (TPSA) is 60.7 Å². The van der Waals surface area contributed by atoms with Gasteiger partial charge in [-0.3, -0.25) is 0 Å². The van der Waals surface area contributed by atoms with Gasteiger partial charge in [0.25, 0.3) is 0 Å². The van der Waals surface area contributed by atoms with Gasteiger partial charge in [0.05, 0.1) is 0 Å². The molecule has 0 aromatic heterocycles. The minimum absolute atomic E-state index is 0. The first-order valence-electron chi connectivity index (χ1n) is 6.40. The summed E-state index contributed by atoms with van der Waals surface area (Å²) >= 11 is 0. The average Bonchev–Trinajstić information content (AvgIpc) is 2.51. The van der Waals surface area contributed by atoms with Crippen LogP contribution < -0.4 is 0 Å². The molecule has 0 aliphatic heterocycles. The first kappa shape index (κ1) is 19.8. The van der Waals surface area contributed by atoms with E-state index < -0.39 is 0 Å². The fourth-order valence-electron chi connectivity index (χ4n) is 1.28. The van der Waals surface area contributed by atoms with Crippen LogP contribution in [0.5, 0.6) is 17.2 Å². The molecular formula is C18H18AuO3. The molecule has 4 heteroatoms. The van der Waals surface area contributed by atoms with E-state index in [9.17, 15) is 0 Å². The molecule has 0 atom stereocenters. The molecule has 0 unspecified atom stereocenters. The largest absolute Gasteiger partial charge is 0.508 e. The number of aromatic hydroxyl groups is 3. The van der Waals surface area contributed by atoms with Crippen LogP contribution in [0.3, 0.4) is 0 Å². The maximum absolute atomic E-state index is 8.63. The number of rotatable bonds is 0. The van der Waals surface area contributed by atoms with Crippen molar-refractivity contribution < 1.29 is 37.7 Å². The van der Waals surface area contributed by atoms with Gasteiger partial charge >= 0.3 is 0 Å². The fourth-order valence-corrected chi connectivity index (χ4v) is 1.28. The van der Waals surface area contributed by atoms with Gasteiger partial charge in [-0.05, 0) is 36.4 Å². The molecule has 3 nitrogen and oxygen atoms in total. The van der Waals surface area contributed by atoms with Crippen molar-refractivity contribution in [1.29, 1.82) is 0 Å². The Hall–Kier alpha value is -2.20. The SMILES string of the molecule is Oc1ccccc1.Oc1ccccc1.Oc1ccccc1.[Au]. The summed E-state index contributed by atoms with van der Waals surface area (Å²) in [6.45, 7) is 0. The van der Waals surface area contributed by atoms with E-state index in [1.807, 2.05) is 18.2 Å². The maximum Gasteiger partial charge on any atom is 0.115 e. The van der Waals surface area contributed by atoms with Gasteiger partial charge in [-0.1, -0.05) is 54.6 Å². The van der Waals surface area contributed by atoms with Crippen LogP contribution in [-0.4, -0.2) is 15.3 Å². The van der Waals surface area contributed by atoms with E-state index in [1.54, 1.807) is 72.8 Å². The number of hydrogen-bond donors (Lipinski definition) is 3. The Bertz CT molecular complexity index is 497. The minimum Gasteiger partial charge on any atom is -0.508 e. The molecule has 0 fully saturated rings. The molecule has 1 radical (unpaired) electrons. The van der Waals surface area contributed by atoms with Crippen LogP contribution in [0.25, 0.3) is 0 Å². The molecule has 0 bridgehead atoms. The van der Waals surface area contributed by atoms with E-state index in [2.05, 4.69) is 0 Å². The number of phenolic OH excluding ortho intramolecular Hbond substituents is 3. The summed E-state index contributed by atoms with van der Waals surface area (Å²) in [5.41, 5.74) is 0. The second kappa shape index (κ2) is 12.5. The van der Waals surface area contributed by atoms with E-state index >= 15 is 0 Å². The van der Waals surface area contributed by atoms with Gasteiger partial charge in [0.15, 0.2) is 0 Å². The summed E-state index contributed by atoms with van der Waals surface area (Å²) in [7, 11) is 0. The molecule has 0 heterocycles. The molecule has 0 saturated heterocycles.